The number of oxazole rings is 1. The molecule has 0 saturated carbocycles. The monoisotopic (exact) mass is 321 g/mol. The summed E-state index contributed by atoms with van der Waals surface area (Å²) in [5, 5.41) is 11.1. The number of carbonyl (C=O) groups is 1. The van der Waals surface area contributed by atoms with E-state index in [1.807, 2.05) is 24.4 Å². The number of hydrogen-bond donors (Lipinski definition) is 1. The highest BCUT2D eigenvalue weighted by Crippen LogP contribution is 2.30. The van der Waals surface area contributed by atoms with Gasteiger partial charge >= 0.3 is 5.97 Å². The van der Waals surface area contributed by atoms with Crippen LogP contribution < -0.4 is 4.74 Å². The predicted octanol–water partition coefficient (Wildman–Crippen LogP) is 4.05. The van der Waals surface area contributed by atoms with Gasteiger partial charge in [0, 0.05) is 4.88 Å². The van der Waals surface area contributed by atoms with E-state index in [4.69, 9.17) is 14.3 Å². The molecule has 5 nitrogen and oxygen atoms in total. The van der Waals surface area contributed by atoms with Gasteiger partial charge in [0.15, 0.2) is 4.88 Å². The van der Waals surface area contributed by atoms with Crippen molar-refractivity contribution in [3.8, 4) is 16.5 Å². The number of aromatic carboxylic acids is 1. The summed E-state index contributed by atoms with van der Waals surface area (Å²) in [4.78, 5) is 17.5. The fourth-order valence-electron chi connectivity index (χ4n) is 1.79. The van der Waals surface area contributed by atoms with Crippen molar-refractivity contribution >= 4 is 28.6 Å². The molecule has 0 aliphatic carbocycles. The van der Waals surface area contributed by atoms with Crippen LogP contribution >= 0.6 is 22.7 Å². The lowest BCUT2D eigenvalue weighted by molar-refractivity contribution is 0.0697. The molecule has 108 valence electrons. The molecule has 0 aliphatic rings. The van der Waals surface area contributed by atoms with E-state index >= 15 is 0 Å². The van der Waals surface area contributed by atoms with Gasteiger partial charge in [-0.05, 0) is 24.4 Å². The highest BCUT2D eigenvalue weighted by Gasteiger charge is 2.16. The Labute approximate surface area is 128 Å². The lowest BCUT2D eigenvalue weighted by Crippen LogP contribution is -2.00. The number of carboxylic acid groups (broad SMARTS) is 1. The first-order chi connectivity index (χ1) is 10.1. The minimum Gasteiger partial charge on any atom is -0.485 e. The summed E-state index contributed by atoms with van der Waals surface area (Å²) in [6, 6.07) is 5.56. The summed E-state index contributed by atoms with van der Waals surface area (Å²) in [5.74, 6) is -0.0724. The molecule has 3 aromatic rings. The predicted molar refractivity (Wildman–Crippen MR) is 80.2 cm³/mol. The highest BCUT2D eigenvalue weighted by molar-refractivity contribution is 7.14. The lowest BCUT2D eigenvalue weighted by atomic mass is 10.4. The Kier molecular flexibility index (Phi) is 3.76. The first kappa shape index (κ1) is 13.8. The van der Waals surface area contributed by atoms with Crippen LogP contribution in [0.2, 0.25) is 0 Å². The Morgan fingerprint density at radius 2 is 2.38 bits per heavy atom. The van der Waals surface area contributed by atoms with Gasteiger partial charge in [0.05, 0.1) is 4.88 Å². The maximum Gasteiger partial charge on any atom is 0.349 e. The first-order valence-electron chi connectivity index (χ1n) is 6.08. The molecular formula is C14H11NO4S2. The summed E-state index contributed by atoms with van der Waals surface area (Å²) in [6.07, 6.45) is 1.52. The topological polar surface area (TPSA) is 72.6 Å². The minimum atomic E-state index is -0.984. The molecule has 0 radical (unpaired) electrons. The third kappa shape index (κ3) is 2.98. The Morgan fingerprint density at radius 1 is 1.52 bits per heavy atom. The van der Waals surface area contributed by atoms with E-state index in [0.717, 1.165) is 9.75 Å². The smallest absolute Gasteiger partial charge is 0.349 e. The number of carboxylic acids is 1. The third-order valence-electron chi connectivity index (χ3n) is 2.67. The number of thiophene rings is 2. The van der Waals surface area contributed by atoms with Crippen LogP contribution in [0.4, 0.5) is 0 Å². The van der Waals surface area contributed by atoms with Gasteiger partial charge in [-0.1, -0.05) is 6.07 Å². The Bertz CT molecular complexity index is 758. The van der Waals surface area contributed by atoms with Crippen molar-refractivity contribution in [1.82, 2.24) is 4.98 Å². The maximum atomic E-state index is 11.1. The molecule has 21 heavy (non-hydrogen) atoms. The van der Waals surface area contributed by atoms with Crippen LogP contribution in [-0.2, 0) is 6.61 Å². The number of aryl methyl sites for hydroxylation is 1. The van der Waals surface area contributed by atoms with Crippen LogP contribution in [0.3, 0.4) is 0 Å². The van der Waals surface area contributed by atoms with Crippen molar-refractivity contribution in [3.05, 3.63) is 45.3 Å². The van der Waals surface area contributed by atoms with Crippen molar-refractivity contribution in [2.75, 3.05) is 0 Å². The zero-order valence-electron chi connectivity index (χ0n) is 11.0. The fraction of sp³-hybridized carbons (Fsp3) is 0.143. The van der Waals surface area contributed by atoms with Crippen molar-refractivity contribution < 1.29 is 19.1 Å². The number of ether oxygens (including phenoxy) is 1. The van der Waals surface area contributed by atoms with Crippen molar-refractivity contribution in [2.24, 2.45) is 0 Å². The fourth-order valence-corrected chi connectivity index (χ4v) is 3.23. The Balaban J connectivity index is 1.72. The van der Waals surface area contributed by atoms with Gasteiger partial charge < -0.3 is 14.3 Å². The number of nitrogens with zero attached hydrogens (tertiary/aromatic N) is 1. The van der Waals surface area contributed by atoms with Gasteiger partial charge in [-0.3, -0.25) is 0 Å². The van der Waals surface area contributed by atoms with E-state index in [0.29, 0.717) is 17.3 Å². The molecule has 0 amide bonds. The van der Waals surface area contributed by atoms with E-state index < -0.39 is 5.97 Å². The quantitative estimate of drug-likeness (QED) is 0.767. The first-order valence-corrected chi connectivity index (χ1v) is 7.78. The molecule has 3 rings (SSSR count). The number of aromatic nitrogens is 1. The summed E-state index contributed by atoms with van der Waals surface area (Å²) >= 11 is 2.73. The normalized spacial score (nSPS) is 10.7. The molecule has 0 bridgehead atoms. The van der Waals surface area contributed by atoms with Crippen LogP contribution in [-0.4, -0.2) is 16.1 Å². The number of hydrogen-bond acceptors (Lipinski definition) is 6. The van der Waals surface area contributed by atoms with Crippen LogP contribution in [0.25, 0.3) is 10.8 Å². The van der Waals surface area contributed by atoms with Gasteiger partial charge in [-0.25, -0.2) is 9.78 Å². The maximum absolute atomic E-state index is 11.1. The average Bonchev–Trinajstić information content (AvgIpc) is 3.16. The van der Waals surface area contributed by atoms with Gasteiger partial charge in [-0.15, -0.1) is 22.7 Å². The third-order valence-corrected chi connectivity index (χ3v) is 4.55. The van der Waals surface area contributed by atoms with E-state index in [-0.39, 0.29) is 11.5 Å². The van der Waals surface area contributed by atoms with Gasteiger partial charge in [0.2, 0.25) is 5.89 Å². The Hall–Kier alpha value is -2.12. The SMILES string of the molecule is Cc1cc(OCc2coc(-c3cccs3)n2)c(C(=O)O)s1. The molecule has 0 aromatic carbocycles. The second-order valence-electron chi connectivity index (χ2n) is 4.27. The molecule has 0 unspecified atom stereocenters. The van der Waals surface area contributed by atoms with Gasteiger partial charge in [-0.2, -0.15) is 0 Å². The van der Waals surface area contributed by atoms with E-state index in [2.05, 4.69) is 4.98 Å². The van der Waals surface area contributed by atoms with E-state index in [1.54, 1.807) is 17.4 Å². The van der Waals surface area contributed by atoms with Crippen LogP contribution in [0.15, 0.2) is 34.3 Å². The zero-order chi connectivity index (χ0) is 14.8. The molecule has 3 aromatic heterocycles. The summed E-state index contributed by atoms with van der Waals surface area (Å²) in [6.45, 7) is 2.01. The van der Waals surface area contributed by atoms with Gasteiger partial charge in [0.1, 0.15) is 24.3 Å². The molecular weight excluding hydrogens is 310 g/mol. The summed E-state index contributed by atoms with van der Waals surface area (Å²) in [7, 11) is 0. The molecule has 0 spiro atoms. The molecule has 0 saturated heterocycles. The largest absolute Gasteiger partial charge is 0.485 e. The summed E-state index contributed by atoms with van der Waals surface area (Å²) < 4.78 is 10.9. The molecule has 0 fully saturated rings. The van der Waals surface area contributed by atoms with E-state index in [1.165, 1.54) is 17.6 Å². The molecule has 0 atom stereocenters. The summed E-state index contributed by atoms with van der Waals surface area (Å²) in [5.41, 5.74) is 0.624. The van der Waals surface area contributed by atoms with Crippen LogP contribution in [0, 0.1) is 6.92 Å². The lowest BCUT2D eigenvalue weighted by Gasteiger charge is -2.02. The highest BCUT2D eigenvalue weighted by atomic mass is 32.1. The van der Waals surface area contributed by atoms with E-state index in [9.17, 15) is 4.79 Å². The molecule has 7 heteroatoms. The van der Waals surface area contributed by atoms with Crippen molar-refractivity contribution in [3.63, 3.8) is 0 Å². The Morgan fingerprint density at radius 3 is 3.10 bits per heavy atom. The van der Waals surface area contributed by atoms with Gasteiger partial charge in [0.25, 0.3) is 0 Å². The zero-order valence-corrected chi connectivity index (χ0v) is 12.7. The van der Waals surface area contributed by atoms with Crippen molar-refractivity contribution in [1.29, 1.82) is 0 Å². The minimum absolute atomic E-state index is 0.172. The molecule has 1 N–H and O–H groups in total. The second-order valence-corrected chi connectivity index (χ2v) is 6.47. The second kappa shape index (κ2) is 5.71. The van der Waals surface area contributed by atoms with Crippen LogP contribution in [0.1, 0.15) is 20.2 Å². The molecule has 0 aliphatic heterocycles. The molecule has 3 heterocycles. The van der Waals surface area contributed by atoms with Crippen molar-refractivity contribution in [2.45, 2.75) is 13.5 Å². The average molecular weight is 321 g/mol. The van der Waals surface area contributed by atoms with Crippen LogP contribution in [0.5, 0.6) is 5.75 Å². The standard InChI is InChI=1S/C14H11NO4S2/c1-8-5-10(12(21-8)14(16)17)18-6-9-7-19-13(15-9)11-3-2-4-20-11/h2-5,7H,6H2,1H3,(H,16,17). The number of rotatable bonds is 5.